The summed E-state index contributed by atoms with van der Waals surface area (Å²) < 4.78 is 0. The molecule has 1 nitrogen and oxygen atoms in total. The Labute approximate surface area is 68.0 Å². The van der Waals surface area contributed by atoms with Crippen molar-refractivity contribution in [3.8, 4) is 0 Å². The first-order valence-corrected chi connectivity index (χ1v) is 3.80. The molecular formula is C10H13N. The van der Waals surface area contributed by atoms with E-state index in [1.165, 1.54) is 0 Å². The number of rotatable bonds is 3. The van der Waals surface area contributed by atoms with Gasteiger partial charge in [0.05, 0.1) is 0 Å². The van der Waals surface area contributed by atoms with Crippen LogP contribution in [0.3, 0.4) is 0 Å². The van der Waals surface area contributed by atoms with Gasteiger partial charge in [0.15, 0.2) is 0 Å². The monoisotopic (exact) mass is 147 g/mol. The van der Waals surface area contributed by atoms with Crippen molar-refractivity contribution in [2.24, 2.45) is 0 Å². The lowest BCUT2D eigenvalue weighted by molar-refractivity contribution is 0.558. The van der Waals surface area contributed by atoms with Gasteiger partial charge in [-0.25, -0.2) is 0 Å². The summed E-state index contributed by atoms with van der Waals surface area (Å²) in [6.45, 7) is 4.62. The highest BCUT2D eigenvalue weighted by Gasteiger charge is 1.91. The summed E-state index contributed by atoms with van der Waals surface area (Å²) in [4.78, 5) is 2.13. The van der Waals surface area contributed by atoms with Crippen LogP contribution in [-0.4, -0.2) is 11.4 Å². The number of nitrogens with zero attached hydrogens (tertiary/aromatic N) is 1. The summed E-state index contributed by atoms with van der Waals surface area (Å²) in [6, 6.07) is 0. The van der Waals surface area contributed by atoms with Crippen LogP contribution in [-0.2, 0) is 0 Å². The Morgan fingerprint density at radius 2 is 2.36 bits per heavy atom. The molecule has 0 aromatic rings. The van der Waals surface area contributed by atoms with Crippen LogP contribution in [0.15, 0.2) is 49.4 Å². The molecule has 0 unspecified atom stereocenters. The normalized spacial score (nSPS) is 16.2. The van der Waals surface area contributed by atoms with Gasteiger partial charge < -0.3 is 4.90 Å². The van der Waals surface area contributed by atoms with Crippen molar-refractivity contribution in [2.45, 2.75) is 6.42 Å². The van der Waals surface area contributed by atoms with Crippen LogP contribution in [0.5, 0.6) is 0 Å². The third-order valence-corrected chi connectivity index (χ3v) is 1.44. The SMILES string of the molecule is C=CCC=CN1C=CC=CC1. The van der Waals surface area contributed by atoms with Crippen molar-refractivity contribution < 1.29 is 0 Å². The summed E-state index contributed by atoms with van der Waals surface area (Å²) >= 11 is 0. The molecule has 0 atom stereocenters. The molecule has 1 aliphatic rings. The largest absolute Gasteiger partial charge is 0.351 e. The summed E-state index contributed by atoms with van der Waals surface area (Å²) in [5.41, 5.74) is 0. The number of allylic oxidation sites excluding steroid dienone is 4. The topological polar surface area (TPSA) is 3.24 Å². The molecule has 0 amide bonds. The van der Waals surface area contributed by atoms with E-state index in [0.29, 0.717) is 0 Å². The van der Waals surface area contributed by atoms with Gasteiger partial charge in [-0.2, -0.15) is 0 Å². The first-order valence-electron chi connectivity index (χ1n) is 3.80. The second-order valence-corrected chi connectivity index (χ2v) is 2.38. The van der Waals surface area contributed by atoms with Crippen LogP contribution in [0, 0.1) is 0 Å². The van der Waals surface area contributed by atoms with E-state index in [1.54, 1.807) is 0 Å². The molecule has 0 aromatic carbocycles. The predicted octanol–water partition coefficient (Wildman–Crippen LogP) is 2.46. The van der Waals surface area contributed by atoms with Crippen molar-refractivity contribution in [3.63, 3.8) is 0 Å². The Hall–Kier alpha value is -1.24. The van der Waals surface area contributed by atoms with Crippen molar-refractivity contribution in [1.29, 1.82) is 0 Å². The minimum absolute atomic E-state index is 0.939. The maximum absolute atomic E-state index is 3.64. The lowest BCUT2D eigenvalue weighted by Gasteiger charge is -2.14. The van der Waals surface area contributed by atoms with Gasteiger partial charge in [0, 0.05) is 18.9 Å². The number of hydrogen-bond donors (Lipinski definition) is 0. The van der Waals surface area contributed by atoms with E-state index in [2.05, 4.69) is 42.1 Å². The Morgan fingerprint density at radius 3 is 3.00 bits per heavy atom. The first-order chi connectivity index (χ1) is 5.43. The van der Waals surface area contributed by atoms with Gasteiger partial charge >= 0.3 is 0 Å². The zero-order valence-electron chi connectivity index (χ0n) is 6.61. The summed E-state index contributed by atoms with van der Waals surface area (Å²) in [5, 5.41) is 0. The fraction of sp³-hybridized carbons (Fsp3) is 0.200. The summed E-state index contributed by atoms with van der Waals surface area (Å²) in [6.07, 6.45) is 15.3. The number of hydrogen-bond acceptors (Lipinski definition) is 1. The van der Waals surface area contributed by atoms with Crippen LogP contribution < -0.4 is 0 Å². The molecule has 0 aliphatic carbocycles. The third-order valence-electron chi connectivity index (χ3n) is 1.44. The molecule has 0 bridgehead atoms. The van der Waals surface area contributed by atoms with Crippen LogP contribution in [0.4, 0.5) is 0 Å². The summed E-state index contributed by atoms with van der Waals surface area (Å²) in [7, 11) is 0. The van der Waals surface area contributed by atoms with Gasteiger partial charge in [-0.15, -0.1) is 6.58 Å². The van der Waals surface area contributed by atoms with E-state index in [0.717, 1.165) is 13.0 Å². The fourth-order valence-electron chi connectivity index (χ4n) is 0.885. The molecule has 0 aromatic heterocycles. The third kappa shape index (κ3) is 2.89. The van der Waals surface area contributed by atoms with E-state index >= 15 is 0 Å². The summed E-state index contributed by atoms with van der Waals surface area (Å²) in [5.74, 6) is 0. The molecule has 11 heavy (non-hydrogen) atoms. The van der Waals surface area contributed by atoms with Crippen molar-refractivity contribution in [3.05, 3.63) is 49.4 Å². The van der Waals surface area contributed by atoms with E-state index in [9.17, 15) is 0 Å². The quantitative estimate of drug-likeness (QED) is 0.554. The van der Waals surface area contributed by atoms with Crippen molar-refractivity contribution >= 4 is 0 Å². The van der Waals surface area contributed by atoms with Crippen LogP contribution in [0.1, 0.15) is 6.42 Å². The molecule has 1 rings (SSSR count). The highest BCUT2D eigenvalue weighted by molar-refractivity contribution is 5.11. The van der Waals surface area contributed by atoms with Gasteiger partial charge in [0.2, 0.25) is 0 Å². The fourth-order valence-corrected chi connectivity index (χ4v) is 0.885. The minimum atomic E-state index is 0.939. The van der Waals surface area contributed by atoms with Gasteiger partial charge in [0.25, 0.3) is 0 Å². The maximum atomic E-state index is 3.64. The smallest absolute Gasteiger partial charge is 0.0403 e. The van der Waals surface area contributed by atoms with Crippen LogP contribution in [0.25, 0.3) is 0 Å². The Kier molecular flexibility index (Phi) is 3.26. The zero-order chi connectivity index (χ0) is 7.94. The maximum Gasteiger partial charge on any atom is 0.0403 e. The Bertz CT molecular complexity index is 199. The van der Waals surface area contributed by atoms with Crippen molar-refractivity contribution in [2.75, 3.05) is 6.54 Å². The van der Waals surface area contributed by atoms with Gasteiger partial charge in [0.1, 0.15) is 0 Å². The van der Waals surface area contributed by atoms with E-state index in [4.69, 9.17) is 0 Å². The van der Waals surface area contributed by atoms with Gasteiger partial charge in [-0.1, -0.05) is 24.3 Å². The Morgan fingerprint density at radius 1 is 1.45 bits per heavy atom. The van der Waals surface area contributed by atoms with Crippen LogP contribution >= 0.6 is 0 Å². The zero-order valence-corrected chi connectivity index (χ0v) is 6.61. The van der Waals surface area contributed by atoms with Crippen molar-refractivity contribution in [1.82, 2.24) is 4.90 Å². The van der Waals surface area contributed by atoms with Gasteiger partial charge in [-0.05, 0) is 12.5 Å². The molecule has 1 heteroatoms. The average Bonchev–Trinajstić information content (AvgIpc) is 2.07. The highest BCUT2D eigenvalue weighted by Crippen LogP contribution is 1.99. The molecule has 0 spiro atoms. The Balaban J connectivity index is 2.32. The van der Waals surface area contributed by atoms with Gasteiger partial charge in [-0.3, -0.25) is 0 Å². The molecule has 0 fully saturated rings. The van der Waals surface area contributed by atoms with Crippen LogP contribution in [0.2, 0.25) is 0 Å². The highest BCUT2D eigenvalue weighted by atomic mass is 15.1. The second kappa shape index (κ2) is 4.56. The minimum Gasteiger partial charge on any atom is -0.351 e. The molecular weight excluding hydrogens is 134 g/mol. The van der Waals surface area contributed by atoms with E-state index in [1.807, 2.05) is 12.2 Å². The second-order valence-electron chi connectivity index (χ2n) is 2.38. The molecule has 0 saturated heterocycles. The predicted molar refractivity (Wildman–Crippen MR) is 48.9 cm³/mol. The molecule has 0 N–H and O–H groups in total. The molecule has 0 saturated carbocycles. The van der Waals surface area contributed by atoms with E-state index in [-0.39, 0.29) is 0 Å². The molecule has 58 valence electrons. The first kappa shape index (κ1) is 7.86. The standard InChI is InChI=1S/C10H13N/c1-2-3-5-8-11-9-6-4-7-10-11/h2,4-9H,1,3,10H2. The molecule has 1 heterocycles. The lowest BCUT2D eigenvalue weighted by atomic mass is 10.3. The average molecular weight is 147 g/mol. The van der Waals surface area contributed by atoms with E-state index < -0.39 is 0 Å². The molecule has 1 aliphatic heterocycles. The lowest BCUT2D eigenvalue weighted by Crippen LogP contribution is -2.10. The molecule has 0 radical (unpaired) electrons.